The molecule has 0 spiro atoms. The topological polar surface area (TPSA) is 93.7 Å². The number of carbonyl (C=O) groups is 3. The van der Waals surface area contributed by atoms with Gasteiger partial charge in [0.25, 0.3) is 11.9 Å². The molecule has 158 valence electrons. The predicted molar refractivity (Wildman–Crippen MR) is 115 cm³/mol. The van der Waals surface area contributed by atoms with Gasteiger partial charge in [-0.05, 0) is 30.5 Å². The van der Waals surface area contributed by atoms with Crippen LogP contribution in [0.3, 0.4) is 0 Å². The molecule has 0 saturated carbocycles. The summed E-state index contributed by atoms with van der Waals surface area (Å²) in [4.78, 5) is 36.5. The van der Waals surface area contributed by atoms with E-state index in [4.69, 9.17) is 32.5 Å². The maximum atomic E-state index is 12.4. The van der Waals surface area contributed by atoms with Gasteiger partial charge < -0.3 is 19.9 Å². The smallest absolute Gasteiger partial charge is 0.508 e. The lowest BCUT2D eigenvalue weighted by Crippen LogP contribution is -2.53. The average Bonchev–Trinajstić information content (AvgIpc) is 2.63. The Labute approximate surface area is 184 Å². The number of carbonyl (C=O) groups excluding carboxylic acids is 3. The van der Waals surface area contributed by atoms with Crippen LogP contribution in [0.1, 0.15) is 30.6 Å². The molecule has 0 aliphatic carbocycles. The highest BCUT2D eigenvalue weighted by molar-refractivity contribution is 7.99. The van der Waals surface area contributed by atoms with Gasteiger partial charge in [-0.3, -0.25) is 14.4 Å². The molecular formula is C18H23BCl2N2O5S. The molecule has 29 heavy (non-hydrogen) atoms. The Morgan fingerprint density at radius 2 is 2.07 bits per heavy atom. The van der Waals surface area contributed by atoms with Crippen molar-refractivity contribution in [2.75, 3.05) is 24.7 Å². The molecule has 1 heterocycles. The number of amides is 2. The van der Waals surface area contributed by atoms with Crippen molar-refractivity contribution in [3.63, 3.8) is 0 Å². The summed E-state index contributed by atoms with van der Waals surface area (Å²) in [7, 11) is -0.868. The number of thioether (sulfide) groups is 1. The van der Waals surface area contributed by atoms with Crippen molar-refractivity contribution in [3.8, 4) is 0 Å². The van der Waals surface area contributed by atoms with E-state index in [0.717, 1.165) is 0 Å². The number of benzene rings is 1. The van der Waals surface area contributed by atoms with E-state index in [0.29, 0.717) is 23.8 Å². The van der Waals surface area contributed by atoms with Gasteiger partial charge in [0.05, 0.1) is 28.8 Å². The molecule has 1 aromatic carbocycles. The fourth-order valence-corrected chi connectivity index (χ4v) is 3.67. The second-order valence-electron chi connectivity index (χ2n) is 6.89. The van der Waals surface area contributed by atoms with Crippen LogP contribution >= 0.6 is 35.0 Å². The third kappa shape index (κ3) is 8.08. The molecule has 1 saturated heterocycles. The zero-order valence-electron chi connectivity index (χ0n) is 16.2. The Balaban J connectivity index is 1.97. The first-order valence-corrected chi connectivity index (χ1v) is 11.1. The summed E-state index contributed by atoms with van der Waals surface area (Å²) in [5.41, 5.74) is 0.181. The minimum absolute atomic E-state index is 0.181. The van der Waals surface area contributed by atoms with Crippen molar-refractivity contribution in [1.29, 1.82) is 0 Å². The quantitative estimate of drug-likeness (QED) is 0.607. The van der Waals surface area contributed by atoms with E-state index in [1.807, 2.05) is 13.8 Å². The Hall–Kier alpha value is -1.42. The largest absolute Gasteiger partial charge is 0.551 e. The van der Waals surface area contributed by atoms with Crippen LogP contribution in [-0.4, -0.2) is 55.5 Å². The molecule has 2 N–H and O–H groups in total. The van der Waals surface area contributed by atoms with Crippen LogP contribution in [-0.2, 0) is 18.9 Å². The van der Waals surface area contributed by atoms with E-state index >= 15 is 0 Å². The number of rotatable bonds is 7. The van der Waals surface area contributed by atoms with Crippen LogP contribution in [0.15, 0.2) is 18.2 Å². The molecule has 11 heteroatoms. The van der Waals surface area contributed by atoms with Gasteiger partial charge in [0, 0.05) is 17.4 Å². The van der Waals surface area contributed by atoms with Gasteiger partial charge in [0.1, 0.15) is 0 Å². The van der Waals surface area contributed by atoms with E-state index in [1.54, 1.807) is 6.07 Å². The summed E-state index contributed by atoms with van der Waals surface area (Å²) in [6, 6.07) is 4.51. The van der Waals surface area contributed by atoms with Crippen molar-refractivity contribution < 1.29 is 23.7 Å². The number of hydrogen-bond acceptors (Lipinski definition) is 6. The Bertz CT molecular complexity index is 753. The minimum Gasteiger partial charge on any atom is -0.508 e. The van der Waals surface area contributed by atoms with Crippen LogP contribution in [0.4, 0.5) is 0 Å². The van der Waals surface area contributed by atoms with Gasteiger partial charge in [-0.2, -0.15) is 0 Å². The first-order valence-electron chi connectivity index (χ1n) is 9.17. The predicted octanol–water partition coefficient (Wildman–Crippen LogP) is 2.59. The van der Waals surface area contributed by atoms with Crippen LogP contribution in [0.2, 0.25) is 10.0 Å². The molecular weight excluding hydrogens is 438 g/mol. The van der Waals surface area contributed by atoms with E-state index in [1.165, 1.54) is 23.9 Å². The monoisotopic (exact) mass is 460 g/mol. The molecule has 1 atom stereocenters. The van der Waals surface area contributed by atoms with Crippen molar-refractivity contribution in [1.82, 2.24) is 10.6 Å². The molecule has 1 aromatic rings. The highest BCUT2D eigenvalue weighted by Crippen LogP contribution is 2.20. The van der Waals surface area contributed by atoms with E-state index in [9.17, 15) is 14.4 Å². The molecule has 0 radical (unpaired) electrons. The lowest BCUT2D eigenvalue weighted by molar-refractivity contribution is -0.133. The second-order valence-corrected chi connectivity index (χ2v) is 8.84. The van der Waals surface area contributed by atoms with Crippen molar-refractivity contribution in [2.45, 2.75) is 26.2 Å². The second kappa shape index (κ2) is 11.7. The molecule has 1 aliphatic heterocycles. The lowest BCUT2D eigenvalue weighted by Gasteiger charge is -2.26. The summed E-state index contributed by atoms with van der Waals surface area (Å²) >= 11 is 13.3. The third-order valence-electron chi connectivity index (χ3n) is 3.96. The molecule has 1 unspecified atom stereocenters. The van der Waals surface area contributed by atoms with E-state index < -0.39 is 24.9 Å². The maximum Gasteiger partial charge on any atom is 0.551 e. The molecule has 1 fully saturated rings. The van der Waals surface area contributed by atoms with Gasteiger partial charge in [-0.1, -0.05) is 37.0 Å². The summed E-state index contributed by atoms with van der Waals surface area (Å²) in [5.74, 6) is -0.713. The average molecular weight is 461 g/mol. The van der Waals surface area contributed by atoms with Crippen LogP contribution in [0.25, 0.3) is 0 Å². The Morgan fingerprint density at radius 1 is 1.31 bits per heavy atom. The van der Waals surface area contributed by atoms with Gasteiger partial charge in [-0.15, -0.1) is 11.8 Å². The van der Waals surface area contributed by atoms with Gasteiger partial charge in [0.15, 0.2) is 0 Å². The number of halogens is 2. The SMILES string of the molecule is CC(C)CC(NC(=O)CNC(=O)c1cc(Cl)ccc1Cl)B1OCCSCC(=O)O1. The van der Waals surface area contributed by atoms with Crippen LogP contribution in [0, 0.1) is 5.92 Å². The van der Waals surface area contributed by atoms with Crippen LogP contribution in [0.5, 0.6) is 0 Å². The first-order chi connectivity index (χ1) is 13.8. The fraction of sp³-hybridized carbons (Fsp3) is 0.500. The fourth-order valence-electron chi connectivity index (χ4n) is 2.71. The van der Waals surface area contributed by atoms with Gasteiger partial charge >= 0.3 is 7.12 Å². The summed E-state index contributed by atoms with van der Waals surface area (Å²) in [6.07, 6.45) is 0.547. The molecule has 0 aromatic heterocycles. The molecule has 2 amide bonds. The van der Waals surface area contributed by atoms with Crippen molar-refractivity contribution in [2.24, 2.45) is 5.92 Å². The third-order valence-corrected chi connectivity index (χ3v) is 5.42. The summed E-state index contributed by atoms with van der Waals surface area (Å²) in [5, 5.41) is 5.91. The van der Waals surface area contributed by atoms with Crippen molar-refractivity contribution >= 4 is 59.9 Å². The maximum absolute atomic E-state index is 12.4. The Morgan fingerprint density at radius 3 is 2.79 bits per heavy atom. The Kier molecular flexibility index (Phi) is 9.62. The van der Waals surface area contributed by atoms with E-state index in [-0.39, 0.29) is 34.8 Å². The zero-order chi connectivity index (χ0) is 21.4. The zero-order valence-corrected chi connectivity index (χ0v) is 18.5. The van der Waals surface area contributed by atoms with Gasteiger partial charge in [-0.25, -0.2) is 0 Å². The van der Waals surface area contributed by atoms with Gasteiger partial charge in [0.2, 0.25) is 5.91 Å². The molecule has 2 rings (SSSR count). The first kappa shape index (κ1) is 23.9. The standard InChI is InChI=1S/C18H23BCl2N2O5S/c1-11(2)7-15(19-27-5-6-29-10-17(25)28-19)23-16(24)9-22-18(26)13-8-12(20)3-4-14(13)21/h3-4,8,11,15H,5-7,9-10H2,1-2H3,(H,22,26)(H,23,24). The number of nitrogens with one attached hydrogen (secondary N) is 2. The lowest BCUT2D eigenvalue weighted by atomic mass is 9.73. The minimum atomic E-state index is -0.868. The highest BCUT2D eigenvalue weighted by atomic mass is 35.5. The molecule has 0 bridgehead atoms. The van der Waals surface area contributed by atoms with Crippen molar-refractivity contribution in [3.05, 3.63) is 33.8 Å². The normalized spacial score (nSPS) is 15.9. The molecule has 1 aliphatic rings. The molecule has 7 nitrogen and oxygen atoms in total. The highest BCUT2D eigenvalue weighted by Gasteiger charge is 2.36. The van der Waals surface area contributed by atoms with Crippen LogP contribution < -0.4 is 10.6 Å². The summed E-state index contributed by atoms with van der Waals surface area (Å²) < 4.78 is 11.0. The number of hydrogen-bond donors (Lipinski definition) is 2. The summed E-state index contributed by atoms with van der Waals surface area (Å²) in [6.45, 7) is 4.12. The van der Waals surface area contributed by atoms with E-state index in [2.05, 4.69) is 10.6 Å².